The van der Waals surface area contributed by atoms with Crippen LogP contribution in [0.1, 0.15) is 30.5 Å². The predicted molar refractivity (Wildman–Crippen MR) is 67.9 cm³/mol. The number of nitrogens with one attached hydrogen (secondary N) is 1. The van der Waals surface area contributed by atoms with E-state index < -0.39 is 0 Å². The first-order chi connectivity index (χ1) is 9.20. The van der Waals surface area contributed by atoms with Crippen LogP contribution in [0.4, 0.5) is 4.79 Å². The van der Waals surface area contributed by atoms with Gasteiger partial charge in [0.25, 0.3) is 0 Å². The number of urea groups is 1. The third kappa shape index (κ3) is 3.66. The van der Waals surface area contributed by atoms with Gasteiger partial charge < -0.3 is 19.4 Å². The third-order valence-corrected chi connectivity index (χ3v) is 3.26. The lowest BCUT2D eigenvalue weighted by atomic mass is 9.97. The van der Waals surface area contributed by atoms with E-state index in [0.29, 0.717) is 38.0 Å². The fourth-order valence-corrected chi connectivity index (χ4v) is 2.18. The van der Waals surface area contributed by atoms with E-state index in [1.54, 1.807) is 14.0 Å². The number of piperidine rings is 1. The van der Waals surface area contributed by atoms with Crippen molar-refractivity contribution >= 4 is 6.03 Å². The van der Waals surface area contributed by atoms with Crippen molar-refractivity contribution in [1.82, 2.24) is 20.4 Å². The smallest absolute Gasteiger partial charge is 0.317 e. The van der Waals surface area contributed by atoms with Crippen molar-refractivity contribution in [1.29, 1.82) is 0 Å². The Balaban J connectivity index is 1.77. The fourth-order valence-electron chi connectivity index (χ4n) is 2.18. The molecule has 2 amide bonds. The van der Waals surface area contributed by atoms with Gasteiger partial charge >= 0.3 is 6.03 Å². The molecule has 1 aliphatic rings. The molecule has 0 atom stereocenters. The number of nitrogens with zero attached hydrogens (tertiary/aromatic N) is 3. The first kappa shape index (κ1) is 13.8. The number of hydrogen-bond acceptors (Lipinski definition) is 5. The lowest BCUT2D eigenvalue weighted by molar-refractivity contribution is 0.166. The second kappa shape index (κ2) is 6.51. The van der Waals surface area contributed by atoms with Crippen LogP contribution in [0.3, 0.4) is 0 Å². The number of likely N-dealkylation sites (tertiary alicyclic amines) is 1. The minimum absolute atomic E-state index is 0.0304. The Labute approximate surface area is 112 Å². The Hall–Kier alpha value is -1.63. The van der Waals surface area contributed by atoms with Gasteiger partial charge in [-0.1, -0.05) is 0 Å². The predicted octanol–water partition coefficient (Wildman–Crippen LogP) is 0.913. The molecular formula is C12H20N4O3. The highest BCUT2D eigenvalue weighted by atomic mass is 16.5. The van der Waals surface area contributed by atoms with Crippen molar-refractivity contribution in [3.63, 3.8) is 0 Å². The summed E-state index contributed by atoms with van der Waals surface area (Å²) >= 11 is 0. The standard InChI is InChI=1S/C12H20N4O3/c1-9-14-15-11(19-9)10-3-6-16(7-4-10)12(17)13-5-8-18-2/h10H,3-8H2,1-2H3,(H,13,17). The lowest BCUT2D eigenvalue weighted by Gasteiger charge is -2.30. The summed E-state index contributed by atoms with van der Waals surface area (Å²) in [4.78, 5) is 13.6. The first-order valence-corrected chi connectivity index (χ1v) is 6.52. The molecule has 0 bridgehead atoms. The van der Waals surface area contributed by atoms with Gasteiger partial charge in [-0.2, -0.15) is 0 Å². The summed E-state index contributed by atoms with van der Waals surface area (Å²) in [5.41, 5.74) is 0. The van der Waals surface area contributed by atoms with Crippen LogP contribution in [0, 0.1) is 6.92 Å². The molecule has 1 saturated heterocycles. The molecule has 0 radical (unpaired) electrons. The molecule has 19 heavy (non-hydrogen) atoms. The quantitative estimate of drug-likeness (QED) is 0.821. The van der Waals surface area contributed by atoms with Crippen molar-refractivity contribution in [2.75, 3.05) is 33.4 Å². The average molecular weight is 268 g/mol. The summed E-state index contributed by atoms with van der Waals surface area (Å²) in [5.74, 6) is 1.55. The number of carbonyl (C=O) groups is 1. The maximum absolute atomic E-state index is 11.8. The molecule has 1 aliphatic heterocycles. The van der Waals surface area contributed by atoms with Gasteiger partial charge in [-0.25, -0.2) is 4.79 Å². The van der Waals surface area contributed by atoms with Gasteiger partial charge in [-0.15, -0.1) is 10.2 Å². The Morgan fingerprint density at radius 1 is 1.47 bits per heavy atom. The van der Waals surface area contributed by atoms with Gasteiger partial charge in [0.2, 0.25) is 11.8 Å². The second-order valence-electron chi connectivity index (χ2n) is 4.65. The monoisotopic (exact) mass is 268 g/mol. The van der Waals surface area contributed by atoms with Crippen molar-refractivity contribution in [3.05, 3.63) is 11.8 Å². The van der Waals surface area contributed by atoms with Crippen molar-refractivity contribution in [2.45, 2.75) is 25.7 Å². The van der Waals surface area contributed by atoms with Gasteiger partial charge in [0.1, 0.15) is 0 Å². The number of aromatic nitrogens is 2. The number of rotatable bonds is 4. The van der Waals surface area contributed by atoms with E-state index >= 15 is 0 Å². The van der Waals surface area contributed by atoms with Crippen LogP contribution in [0.5, 0.6) is 0 Å². The topological polar surface area (TPSA) is 80.5 Å². The van der Waals surface area contributed by atoms with Crippen LogP contribution >= 0.6 is 0 Å². The van der Waals surface area contributed by atoms with Crippen LogP contribution in [-0.2, 0) is 4.74 Å². The Morgan fingerprint density at radius 2 is 2.21 bits per heavy atom. The minimum Gasteiger partial charge on any atom is -0.425 e. The zero-order valence-electron chi connectivity index (χ0n) is 11.4. The molecule has 0 aliphatic carbocycles. The second-order valence-corrected chi connectivity index (χ2v) is 4.65. The molecule has 0 unspecified atom stereocenters. The van der Waals surface area contributed by atoms with E-state index in [1.807, 2.05) is 4.90 Å². The van der Waals surface area contributed by atoms with E-state index in [0.717, 1.165) is 12.8 Å². The van der Waals surface area contributed by atoms with Gasteiger partial charge in [0.05, 0.1) is 6.61 Å². The molecule has 0 saturated carbocycles. The summed E-state index contributed by atoms with van der Waals surface area (Å²) in [6.07, 6.45) is 1.72. The molecule has 1 aromatic rings. The van der Waals surface area contributed by atoms with Crippen LogP contribution < -0.4 is 5.32 Å². The summed E-state index contributed by atoms with van der Waals surface area (Å²) in [6.45, 7) is 4.28. The average Bonchev–Trinajstić information content (AvgIpc) is 2.86. The van der Waals surface area contributed by atoms with E-state index in [4.69, 9.17) is 9.15 Å². The fraction of sp³-hybridized carbons (Fsp3) is 0.750. The molecule has 0 aromatic carbocycles. The summed E-state index contributed by atoms with van der Waals surface area (Å²) < 4.78 is 10.3. The zero-order valence-corrected chi connectivity index (χ0v) is 11.4. The molecule has 0 spiro atoms. The largest absolute Gasteiger partial charge is 0.425 e. The normalized spacial score (nSPS) is 16.6. The van der Waals surface area contributed by atoms with Gasteiger partial charge in [0.15, 0.2) is 0 Å². The highest BCUT2D eigenvalue weighted by Crippen LogP contribution is 2.26. The number of methoxy groups -OCH3 is 1. The van der Waals surface area contributed by atoms with Crippen LogP contribution in [-0.4, -0.2) is 54.5 Å². The van der Waals surface area contributed by atoms with E-state index in [-0.39, 0.29) is 11.9 Å². The summed E-state index contributed by atoms with van der Waals surface area (Å²) in [6, 6.07) is -0.0304. The Kier molecular flexibility index (Phi) is 4.73. The highest BCUT2D eigenvalue weighted by molar-refractivity contribution is 5.74. The van der Waals surface area contributed by atoms with Crippen molar-refractivity contribution in [2.24, 2.45) is 0 Å². The highest BCUT2D eigenvalue weighted by Gasteiger charge is 2.26. The van der Waals surface area contributed by atoms with Gasteiger partial charge in [-0.3, -0.25) is 0 Å². The van der Waals surface area contributed by atoms with E-state index in [2.05, 4.69) is 15.5 Å². The van der Waals surface area contributed by atoms with Crippen LogP contribution in [0.25, 0.3) is 0 Å². The first-order valence-electron chi connectivity index (χ1n) is 6.52. The van der Waals surface area contributed by atoms with Crippen LogP contribution in [0.2, 0.25) is 0 Å². The molecule has 106 valence electrons. The van der Waals surface area contributed by atoms with E-state index in [9.17, 15) is 4.79 Å². The third-order valence-electron chi connectivity index (χ3n) is 3.26. The molecule has 7 heteroatoms. The van der Waals surface area contributed by atoms with E-state index in [1.165, 1.54) is 0 Å². The van der Waals surface area contributed by atoms with Crippen LogP contribution in [0.15, 0.2) is 4.42 Å². The maximum Gasteiger partial charge on any atom is 0.317 e. The molecule has 7 nitrogen and oxygen atoms in total. The molecule has 1 N–H and O–H groups in total. The number of ether oxygens (including phenoxy) is 1. The SMILES string of the molecule is COCCNC(=O)N1CCC(c2nnc(C)o2)CC1. The molecule has 1 fully saturated rings. The van der Waals surface area contributed by atoms with Gasteiger partial charge in [0, 0.05) is 39.6 Å². The Bertz CT molecular complexity index is 413. The van der Waals surface area contributed by atoms with Gasteiger partial charge in [-0.05, 0) is 12.8 Å². The summed E-state index contributed by atoms with van der Waals surface area (Å²) in [7, 11) is 1.62. The summed E-state index contributed by atoms with van der Waals surface area (Å²) in [5, 5.41) is 10.7. The molecule has 2 heterocycles. The zero-order chi connectivity index (χ0) is 13.7. The number of hydrogen-bond donors (Lipinski definition) is 1. The maximum atomic E-state index is 11.8. The Morgan fingerprint density at radius 3 is 2.79 bits per heavy atom. The molecular weight excluding hydrogens is 248 g/mol. The molecule has 2 rings (SSSR count). The van der Waals surface area contributed by atoms with Crippen molar-refractivity contribution < 1.29 is 13.9 Å². The van der Waals surface area contributed by atoms with Crippen molar-refractivity contribution in [3.8, 4) is 0 Å². The number of aryl methyl sites for hydroxylation is 1. The molecule has 1 aromatic heterocycles. The lowest BCUT2D eigenvalue weighted by Crippen LogP contribution is -2.44. The number of amides is 2. The minimum atomic E-state index is -0.0304. The number of carbonyl (C=O) groups excluding carboxylic acids is 1.